The molecule has 1 saturated heterocycles. The van der Waals surface area contributed by atoms with Gasteiger partial charge in [0.1, 0.15) is 5.54 Å². The monoisotopic (exact) mass is 396 g/mol. The predicted octanol–water partition coefficient (Wildman–Crippen LogP) is 3.32. The molecule has 1 aliphatic carbocycles. The molecule has 0 bridgehead atoms. The van der Waals surface area contributed by atoms with Crippen molar-refractivity contribution in [3.63, 3.8) is 0 Å². The van der Waals surface area contributed by atoms with E-state index < -0.39 is 5.54 Å². The van der Waals surface area contributed by atoms with Crippen molar-refractivity contribution in [1.82, 2.24) is 15.5 Å². The third-order valence-electron chi connectivity index (χ3n) is 6.15. The highest BCUT2D eigenvalue weighted by Gasteiger charge is 2.44. The van der Waals surface area contributed by atoms with Crippen LogP contribution in [0.4, 0.5) is 5.69 Å². The Balaban J connectivity index is 1.52. The Bertz CT molecular complexity index is 930. The molecule has 1 unspecified atom stereocenters. The molecule has 1 aliphatic heterocycles. The lowest BCUT2D eigenvalue weighted by molar-refractivity contribution is -0.129. The first-order valence-electron chi connectivity index (χ1n) is 10.4. The number of nitrogens with one attached hydrogen (secondary N) is 1. The summed E-state index contributed by atoms with van der Waals surface area (Å²) in [6, 6.07) is 6.02. The van der Waals surface area contributed by atoms with Gasteiger partial charge in [-0.15, -0.1) is 0 Å². The van der Waals surface area contributed by atoms with Crippen molar-refractivity contribution in [1.29, 1.82) is 0 Å². The van der Waals surface area contributed by atoms with Gasteiger partial charge in [0, 0.05) is 18.7 Å². The van der Waals surface area contributed by atoms with Crippen LogP contribution in [0.2, 0.25) is 0 Å². The van der Waals surface area contributed by atoms with Crippen LogP contribution in [-0.4, -0.2) is 28.5 Å². The zero-order chi connectivity index (χ0) is 20.6. The van der Waals surface area contributed by atoms with Crippen molar-refractivity contribution >= 4 is 17.5 Å². The molecule has 29 heavy (non-hydrogen) atoms. The minimum Gasteiger partial charge on any atom is -0.341 e. The van der Waals surface area contributed by atoms with Crippen LogP contribution in [0.1, 0.15) is 61.4 Å². The summed E-state index contributed by atoms with van der Waals surface area (Å²) in [4.78, 5) is 32.0. The Kier molecular flexibility index (Phi) is 5.15. The normalized spacial score (nSPS) is 21.4. The number of amides is 2. The predicted molar refractivity (Wildman–Crippen MR) is 108 cm³/mol. The molecule has 0 spiro atoms. The van der Waals surface area contributed by atoms with Gasteiger partial charge in [0.25, 0.3) is 5.89 Å². The number of aryl methyl sites for hydroxylation is 3. The van der Waals surface area contributed by atoms with Gasteiger partial charge >= 0.3 is 0 Å². The highest BCUT2D eigenvalue weighted by molar-refractivity contribution is 6.01. The topological polar surface area (TPSA) is 88.3 Å². The number of aromatic nitrogens is 2. The number of nitrogens with zero attached hydrogens (tertiary/aromatic N) is 3. The molecule has 1 N–H and O–H groups in total. The smallest absolute Gasteiger partial charge is 0.252 e. The molecule has 7 nitrogen and oxygen atoms in total. The molecule has 1 saturated carbocycles. The van der Waals surface area contributed by atoms with Gasteiger partial charge in [-0.3, -0.25) is 9.59 Å². The second-order valence-electron chi connectivity index (χ2n) is 8.47. The van der Waals surface area contributed by atoms with Crippen LogP contribution in [0.15, 0.2) is 22.7 Å². The lowest BCUT2D eigenvalue weighted by Crippen LogP contribution is -2.50. The number of carbonyl (C=O) groups is 2. The average Bonchev–Trinajstić information content (AvgIpc) is 3.29. The Morgan fingerprint density at radius 2 is 1.97 bits per heavy atom. The van der Waals surface area contributed by atoms with Gasteiger partial charge in [0.2, 0.25) is 11.8 Å². The summed E-state index contributed by atoms with van der Waals surface area (Å²) in [5, 5.41) is 7.13. The van der Waals surface area contributed by atoms with Crippen LogP contribution in [0.3, 0.4) is 0 Å². The van der Waals surface area contributed by atoms with Crippen molar-refractivity contribution in [2.24, 2.45) is 5.92 Å². The number of benzene rings is 1. The number of anilines is 1. The third-order valence-corrected chi connectivity index (χ3v) is 6.15. The molecule has 2 aliphatic rings. The van der Waals surface area contributed by atoms with Crippen LogP contribution in [-0.2, 0) is 15.1 Å². The van der Waals surface area contributed by atoms with Crippen LogP contribution >= 0.6 is 0 Å². The van der Waals surface area contributed by atoms with E-state index in [1.165, 1.54) is 0 Å². The van der Waals surface area contributed by atoms with E-state index in [1.807, 2.05) is 26.0 Å². The van der Waals surface area contributed by atoms with Gasteiger partial charge in [-0.1, -0.05) is 42.1 Å². The highest BCUT2D eigenvalue weighted by atomic mass is 16.5. The fourth-order valence-corrected chi connectivity index (χ4v) is 4.60. The number of rotatable bonds is 4. The minimum atomic E-state index is -0.618. The molecule has 1 atom stereocenters. The lowest BCUT2D eigenvalue weighted by atomic mass is 9.81. The number of hydrogen-bond donors (Lipinski definition) is 1. The molecule has 1 aromatic carbocycles. The van der Waals surface area contributed by atoms with Gasteiger partial charge in [-0.2, -0.15) is 4.98 Å². The molecule has 2 aromatic rings. The lowest BCUT2D eigenvalue weighted by Gasteiger charge is -2.35. The maximum absolute atomic E-state index is 13.2. The quantitative estimate of drug-likeness (QED) is 0.856. The molecule has 2 fully saturated rings. The molecular weight excluding hydrogens is 368 g/mol. The zero-order valence-electron chi connectivity index (χ0n) is 17.3. The molecule has 4 rings (SSSR count). The zero-order valence-corrected chi connectivity index (χ0v) is 17.3. The van der Waals surface area contributed by atoms with E-state index in [9.17, 15) is 9.59 Å². The van der Waals surface area contributed by atoms with Crippen LogP contribution in [0.25, 0.3) is 0 Å². The maximum Gasteiger partial charge on any atom is 0.252 e. The average molecular weight is 396 g/mol. The van der Waals surface area contributed by atoms with Crippen molar-refractivity contribution in [2.45, 2.75) is 64.8 Å². The summed E-state index contributed by atoms with van der Waals surface area (Å²) >= 11 is 0. The summed E-state index contributed by atoms with van der Waals surface area (Å²) < 4.78 is 5.46. The van der Waals surface area contributed by atoms with Crippen LogP contribution < -0.4 is 10.2 Å². The fourth-order valence-electron chi connectivity index (χ4n) is 4.60. The maximum atomic E-state index is 13.2. The third kappa shape index (κ3) is 3.78. The van der Waals surface area contributed by atoms with Gasteiger partial charge in [-0.25, -0.2) is 0 Å². The van der Waals surface area contributed by atoms with E-state index in [-0.39, 0.29) is 24.2 Å². The molecule has 154 valence electrons. The number of carbonyl (C=O) groups excluding carboxylic acids is 2. The number of hydrogen-bond acceptors (Lipinski definition) is 5. The Morgan fingerprint density at radius 3 is 2.62 bits per heavy atom. The van der Waals surface area contributed by atoms with E-state index >= 15 is 0 Å². The molecule has 0 radical (unpaired) electrons. The minimum absolute atomic E-state index is 0.0107. The Labute approximate surface area is 170 Å². The van der Waals surface area contributed by atoms with E-state index in [2.05, 4.69) is 21.5 Å². The van der Waals surface area contributed by atoms with Gasteiger partial charge in [0.05, 0.1) is 5.92 Å². The Morgan fingerprint density at radius 1 is 1.21 bits per heavy atom. The van der Waals surface area contributed by atoms with Crippen molar-refractivity contribution in [3.05, 3.63) is 41.0 Å². The summed E-state index contributed by atoms with van der Waals surface area (Å²) in [6.07, 6.45) is 4.91. The summed E-state index contributed by atoms with van der Waals surface area (Å²) in [6.45, 7) is 6.20. The molecular formula is C22H28N4O3. The first-order chi connectivity index (χ1) is 13.9. The van der Waals surface area contributed by atoms with E-state index in [0.717, 1.165) is 48.9 Å². The summed E-state index contributed by atoms with van der Waals surface area (Å²) in [7, 11) is 0. The SMILES string of the molecule is Cc1ccc(N2CC(C(=O)NC3(c4nc(C)no4)CCCCC3)CC2=O)c(C)c1. The summed E-state index contributed by atoms with van der Waals surface area (Å²) in [5.74, 6) is 0.549. The highest BCUT2D eigenvalue weighted by Crippen LogP contribution is 2.37. The van der Waals surface area contributed by atoms with Crippen molar-refractivity contribution in [2.75, 3.05) is 11.4 Å². The first kappa shape index (κ1) is 19.6. The fraction of sp³-hybridized carbons (Fsp3) is 0.545. The first-order valence-corrected chi connectivity index (χ1v) is 10.4. The largest absolute Gasteiger partial charge is 0.341 e. The van der Waals surface area contributed by atoms with Crippen LogP contribution in [0.5, 0.6) is 0 Å². The molecule has 7 heteroatoms. The van der Waals surface area contributed by atoms with Gasteiger partial charge < -0.3 is 14.7 Å². The summed E-state index contributed by atoms with van der Waals surface area (Å²) in [5.41, 5.74) is 2.47. The molecule has 2 heterocycles. The van der Waals surface area contributed by atoms with E-state index in [1.54, 1.807) is 11.8 Å². The van der Waals surface area contributed by atoms with Gasteiger partial charge in [-0.05, 0) is 45.2 Å². The van der Waals surface area contributed by atoms with Crippen molar-refractivity contribution < 1.29 is 14.1 Å². The Hall–Kier alpha value is -2.70. The van der Waals surface area contributed by atoms with Gasteiger partial charge in [0.15, 0.2) is 5.82 Å². The van der Waals surface area contributed by atoms with E-state index in [0.29, 0.717) is 18.3 Å². The molecule has 1 aromatic heterocycles. The molecule has 2 amide bonds. The second kappa shape index (κ2) is 7.61. The van der Waals surface area contributed by atoms with E-state index in [4.69, 9.17) is 4.52 Å². The van der Waals surface area contributed by atoms with Crippen molar-refractivity contribution in [3.8, 4) is 0 Å². The standard InChI is InChI=1S/C22H28N4O3/c1-14-7-8-18(15(2)11-14)26-13-17(12-19(26)27)20(28)24-22(9-5-4-6-10-22)21-23-16(3)25-29-21/h7-8,11,17H,4-6,9-10,12-13H2,1-3H3,(H,24,28). The van der Waals surface area contributed by atoms with Crippen LogP contribution in [0, 0.1) is 26.7 Å². The second-order valence-corrected chi connectivity index (χ2v) is 8.47.